The van der Waals surface area contributed by atoms with E-state index in [9.17, 15) is 19.3 Å². The molecule has 1 aliphatic rings. The number of hydrogen-bond acceptors (Lipinski definition) is 5. The molecule has 0 radical (unpaired) electrons. The fourth-order valence-corrected chi connectivity index (χ4v) is 1.97. The number of carbonyl (C=O) groups is 1. The first-order valence-electron chi connectivity index (χ1n) is 6.30. The first-order chi connectivity index (χ1) is 9.58. The average Bonchev–Trinajstić information content (AvgIpc) is 2.46. The molecule has 108 valence electrons. The van der Waals surface area contributed by atoms with Crippen molar-refractivity contribution in [1.82, 2.24) is 0 Å². The molecule has 1 fully saturated rings. The molecule has 1 unspecified atom stereocenters. The molecule has 0 N–H and O–H groups in total. The predicted molar refractivity (Wildman–Crippen MR) is 66.9 cm³/mol. The van der Waals surface area contributed by atoms with Gasteiger partial charge in [0.05, 0.1) is 16.6 Å². The van der Waals surface area contributed by atoms with E-state index in [-0.39, 0.29) is 18.3 Å². The number of carbonyl (C=O) groups excluding carboxylic acids is 1. The van der Waals surface area contributed by atoms with Gasteiger partial charge in [-0.3, -0.25) is 10.1 Å². The number of nitro groups is 1. The van der Waals surface area contributed by atoms with Crippen molar-refractivity contribution < 1.29 is 23.6 Å². The van der Waals surface area contributed by atoms with Gasteiger partial charge in [0.2, 0.25) is 5.82 Å². The predicted octanol–water partition coefficient (Wildman–Crippen LogP) is 2.46. The maximum absolute atomic E-state index is 13.1. The second-order valence-corrected chi connectivity index (χ2v) is 4.51. The van der Waals surface area contributed by atoms with Gasteiger partial charge in [-0.25, -0.2) is 4.79 Å². The van der Waals surface area contributed by atoms with E-state index in [1.807, 2.05) is 0 Å². The summed E-state index contributed by atoms with van der Waals surface area (Å²) in [6, 6.07) is 2.91. The Kier molecular flexibility index (Phi) is 4.62. The Balaban J connectivity index is 1.98. The van der Waals surface area contributed by atoms with Crippen LogP contribution in [-0.4, -0.2) is 30.2 Å². The van der Waals surface area contributed by atoms with E-state index in [4.69, 9.17) is 9.47 Å². The highest BCUT2D eigenvalue weighted by atomic mass is 19.1. The van der Waals surface area contributed by atoms with Crippen molar-refractivity contribution in [1.29, 1.82) is 0 Å². The minimum atomic E-state index is -0.984. The van der Waals surface area contributed by atoms with Crippen molar-refractivity contribution in [2.75, 3.05) is 13.2 Å². The number of hydrogen-bond donors (Lipinski definition) is 0. The molecule has 0 aromatic heterocycles. The quantitative estimate of drug-likeness (QED) is 0.482. The molecule has 0 bridgehead atoms. The van der Waals surface area contributed by atoms with Crippen LogP contribution in [-0.2, 0) is 9.47 Å². The molecule has 1 aliphatic heterocycles. The highest BCUT2D eigenvalue weighted by Gasteiger charge is 2.20. The van der Waals surface area contributed by atoms with Gasteiger partial charge in [-0.1, -0.05) is 0 Å². The Morgan fingerprint density at radius 2 is 2.30 bits per heavy atom. The van der Waals surface area contributed by atoms with Crippen LogP contribution in [0.15, 0.2) is 18.2 Å². The highest BCUT2D eigenvalue weighted by molar-refractivity contribution is 5.90. The summed E-state index contributed by atoms with van der Waals surface area (Å²) in [4.78, 5) is 21.5. The number of halogens is 1. The van der Waals surface area contributed by atoms with Crippen molar-refractivity contribution in [3.63, 3.8) is 0 Å². The fourth-order valence-electron chi connectivity index (χ4n) is 1.97. The van der Waals surface area contributed by atoms with Gasteiger partial charge in [-0.2, -0.15) is 4.39 Å². The standard InChI is InChI=1S/C13H14FNO5/c14-11-5-4-9(7-12(11)15(17)18)13(16)20-8-10-3-1-2-6-19-10/h4-5,7,10H,1-3,6,8H2. The third-order valence-electron chi connectivity index (χ3n) is 3.05. The lowest BCUT2D eigenvalue weighted by Gasteiger charge is -2.22. The highest BCUT2D eigenvalue weighted by Crippen LogP contribution is 2.19. The van der Waals surface area contributed by atoms with E-state index in [0.717, 1.165) is 37.5 Å². The Hall–Kier alpha value is -2.02. The van der Waals surface area contributed by atoms with E-state index in [1.165, 1.54) is 0 Å². The molecular weight excluding hydrogens is 269 g/mol. The molecule has 0 amide bonds. The maximum atomic E-state index is 13.1. The van der Waals surface area contributed by atoms with Gasteiger partial charge < -0.3 is 9.47 Å². The molecule has 0 aliphatic carbocycles. The smallest absolute Gasteiger partial charge is 0.338 e. The average molecular weight is 283 g/mol. The van der Waals surface area contributed by atoms with Gasteiger partial charge in [-0.15, -0.1) is 0 Å². The Morgan fingerprint density at radius 3 is 2.95 bits per heavy atom. The Bertz CT molecular complexity index is 513. The molecule has 0 spiro atoms. The second kappa shape index (κ2) is 6.42. The summed E-state index contributed by atoms with van der Waals surface area (Å²) in [5.74, 6) is -1.70. The van der Waals surface area contributed by atoms with Crippen molar-refractivity contribution in [3.8, 4) is 0 Å². The maximum Gasteiger partial charge on any atom is 0.338 e. The van der Waals surface area contributed by atoms with E-state index in [0.29, 0.717) is 6.61 Å². The summed E-state index contributed by atoms with van der Waals surface area (Å²) in [5, 5.41) is 10.6. The van der Waals surface area contributed by atoms with E-state index in [1.54, 1.807) is 0 Å². The van der Waals surface area contributed by atoms with Crippen molar-refractivity contribution >= 4 is 11.7 Å². The van der Waals surface area contributed by atoms with Crippen molar-refractivity contribution in [2.24, 2.45) is 0 Å². The zero-order valence-corrected chi connectivity index (χ0v) is 10.7. The molecule has 1 atom stereocenters. The SMILES string of the molecule is O=C(OCC1CCCCO1)c1ccc(F)c([N+](=O)[O-])c1. The summed E-state index contributed by atoms with van der Waals surface area (Å²) < 4.78 is 23.6. The number of benzene rings is 1. The lowest BCUT2D eigenvalue weighted by molar-refractivity contribution is -0.387. The second-order valence-electron chi connectivity index (χ2n) is 4.51. The lowest BCUT2D eigenvalue weighted by Crippen LogP contribution is -2.26. The molecule has 1 aromatic carbocycles. The number of nitrogens with zero attached hydrogens (tertiary/aromatic N) is 1. The molecule has 2 rings (SSSR count). The minimum Gasteiger partial charge on any atom is -0.459 e. The molecule has 7 heteroatoms. The van der Waals surface area contributed by atoms with Gasteiger partial charge in [0.1, 0.15) is 6.61 Å². The van der Waals surface area contributed by atoms with Crippen LogP contribution in [0, 0.1) is 15.9 Å². The van der Waals surface area contributed by atoms with Crippen LogP contribution in [0.1, 0.15) is 29.6 Å². The van der Waals surface area contributed by atoms with Crippen molar-refractivity contribution in [2.45, 2.75) is 25.4 Å². The van der Waals surface area contributed by atoms with E-state index in [2.05, 4.69) is 0 Å². The zero-order valence-electron chi connectivity index (χ0n) is 10.7. The van der Waals surface area contributed by atoms with Crippen molar-refractivity contribution in [3.05, 3.63) is 39.7 Å². The topological polar surface area (TPSA) is 78.7 Å². The first kappa shape index (κ1) is 14.4. The Labute approximate surface area is 114 Å². The number of ether oxygens (including phenoxy) is 2. The van der Waals surface area contributed by atoms with Crippen LogP contribution in [0.2, 0.25) is 0 Å². The third-order valence-corrected chi connectivity index (χ3v) is 3.05. The van der Waals surface area contributed by atoms with Gasteiger partial charge in [0.25, 0.3) is 0 Å². The summed E-state index contributed by atoms with van der Waals surface area (Å²) in [6.07, 6.45) is 2.69. The van der Waals surface area contributed by atoms with Gasteiger partial charge >= 0.3 is 11.7 Å². The van der Waals surface area contributed by atoms with Crippen LogP contribution >= 0.6 is 0 Å². The molecule has 20 heavy (non-hydrogen) atoms. The van der Waals surface area contributed by atoms with Gasteiger partial charge in [0, 0.05) is 12.7 Å². The van der Waals surface area contributed by atoms with Crippen LogP contribution < -0.4 is 0 Å². The number of esters is 1. The van der Waals surface area contributed by atoms with Crippen LogP contribution in [0.4, 0.5) is 10.1 Å². The normalized spacial score (nSPS) is 18.6. The summed E-state index contributed by atoms with van der Waals surface area (Å²) in [7, 11) is 0. The fraction of sp³-hybridized carbons (Fsp3) is 0.462. The van der Waals surface area contributed by atoms with Crippen LogP contribution in [0.25, 0.3) is 0 Å². The minimum absolute atomic E-state index is 0.0473. The summed E-state index contributed by atoms with van der Waals surface area (Å²) in [6.45, 7) is 0.744. The zero-order chi connectivity index (χ0) is 14.5. The van der Waals surface area contributed by atoms with E-state index >= 15 is 0 Å². The lowest BCUT2D eigenvalue weighted by atomic mass is 10.1. The summed E-state index contributed by atoms with van der Waals surface area (Å²) >= 11 is 0. The summed E-state index contributed by atoms with van der Waals surface area (Å²) in [5.41, 5.74) is -0.790. The number of nitro benzene ring substituents is 1. The number of rotatable bonds is 4. The third kappa shape index (κ3) is 3.51. The molecular formula is C13H14FNO5. The molecule has 1 heterocycles. The molecule has 1 saturated heterocycles. The van der Waals surface area contributed by atoms with Crippen LogP contribution in [0.3, 0.4) is 0 Å². The molecule has 0 saturated carbocycles. The van der Waals surface area contributed by atoms with Gasteiger partial charge in [-0.05, 0) is 31.4 Å². The van der Waals surface area contributed by atoms with Gasteiger partial charge in [0.15, 0.2) is 0 Å². The molecule has 1 aromatic rings. The van der Waals surface area contributed by atoms with Crippen LogP contribution in [0.5, 0.6) is 0 Å². The Morgan fingerprint density at radius 1 is 1.50 bits per heavy atom. The first-order valence-corrected chi connectivity index (χ1v) is 6.30. The monoisotopic (exact) mass is 283 g/mol. The molecule has 6 nitrogen and oxygen atoms in total. The van der Waals surface area contributed by atoms with E-state index < -0.39 is 22.4 Å². The largest absolute Gasteiger partial charge is 0.459 e.